The molecule has 0 saturated heterocycles. The summed E-state index contributed by atoms with van der Waals surface area (Å²) in [5.74, 6) is 0.705. The predicted octanol–water partition coefficient (Wildman–Crippen LogP) is 5.21. The van der Waals surface area contributed by atoms with Gasteiger partial charge in [-0.15, -0.1) is 11.6 Å². The molecule has 4 heterocycles. The van der Waals surface area contributed by atoms with Crippen molar-refractivity contribution in [2.24, 2.45) is 0 Å². The molecule has 10 nitrogen and oxygen atoms in total. The molecule has 0 aromatic carbocycles. The molecule has 2 aromatic rings. The molecule has 0 aliphatic carbocycles. The van der Waals surface area contributed by atoms with Crippen molar-refractivity contribution in [2.45, 2.75) is 66.5 Å². The van der Waals surface area contributed by atoms with Gasteiger partial charge in [-0.2, -0.15) is 10.2 Å². The zero-order chi connectivity index (χ0) is 31.6. The summed E-state index contributed by atoms with van der Waals surface area (Å²) in [5, 5.41) is 18.2. The van der Waals surface area contributed by atoms with Crippen molar-refractivity contribution in [1.29, 1.82) is 0 Å². The van der Waals surface area contributed by atoms with E-state index in [9.17, 15) is 14.7 Å². The van der Waals surface area contributed by atoms with Gasteiger partial charge in [0, 0.05) is 91.7 Å². The normalized spacial score (nSPS) is 15.6. The van der Waals surface area contributed by atoms with Gasteiger partial charge in [0.1, 0.15) is 0 Å². The Morgan fingerprint density at radius 1 is 0.857 bits per heavy atom. The second kappa shape index (κ2) is 17.2. The minimum absolute atomic E-state index is 0.0460. The van der Waals surface area contributed by atoms with Crippen LogP contribution in [0.5, 0.6) is 0 Å². The monoisotopic (exact) mass is 662 g/mol. The van der Waals surface area contributed by atoms with Crippen LogP contribution in [0.25, 0.3) is 11.1 Å². The molecular weight excluding hydrogens is 623 g/mol. The highest BCUT2D eigenvalue weighted by molar-refractivity contribution is 8.26. The van der Waals surface area contributed by atoms with E-state index in [0.29, 0.717) is 31.6 Å². The van der Waals surface area contributed by atoms with Gasteiger partial charge in [-0.25, -0.2) is 4.21 Å². The van der Waals surface area contributed by atoms with Crippen LogP contribution in [-0.2, 0) is 18.8 Å². The van der Waals surface area contributed by atoms with Crippen molar-refractivity contribution in [3.05, 3.63) is 47.1 Å². The number of halogens is 3. The molecule has 0 radical (unpaired) electrons. The van der Waals surface area contributed by atoms with Crippen LogP contribution in [0.2, 0.25) is 0 Å². The second-order valence-electron chi connectivity index (χ2n) is 10.5. The van der Waals surface area contributed by atoms with Crippen molar-refractivity contribution < 1.29 is 18.9 Å². The standard InChI is InChI=1S/C14H20ClN3O.C14H21N3O2.Cl2OS/c1-10(2)18-14(4-6-16-18)13-9-17(11(3)19)7-5-12(13)8-15;1-10(2)17-14(4-6-15-17)13-8-16(11(3)19)7-5-12(13)9-18;1-4(2)3/h4,6,10H,5,7-9H2,1-3H3;4,6,10,18H,5,7-9H2,1-3H3;. The van der Waals surface area contributed by atoms with E-state index < -0.39 is 9.23 Å². The number of nitrogens with zero attached hydrogens (tertiary/aromatic N) is 6. The molecule has 1 N–H and O–H groups in total. The smallest absolute Gasteiger partial charge is 0.219 e. The molecule has 0 atom stereocenters. The van der Waals surface area contributed by atoms with Crippen LogP contribution in [0, 0.1) is 0 Å². The lowest BCUT2D eigenvalue weighted by atomic mass is 9.97. The Labute approximate surface area is 264 Å². The van der Waals surface area contributed by atoms with Crippen molar-refractivity contribution in [3.63, 3.8) is 0 Å². The molecule has 2 aromatic heterocycles. The molecule has 42 heavy (non-hydrogen) atoms. The number of carbonyl (C=O) groups excluding carboxylic acids is 2. The molecule has 2 aliphatic rings. The largest absolute Gasteiger partial charge is 0.392 e. The third kappa shape index (κ3) is 9.94. The average molecular weight is 664 g/mol. The lowest BCUT2D eigenvalue weighted by Gasteiger charge is -2.30. The Morgan fingerprint density at radius 3 is 1.57 bits per heavy atom. The van der Waals surface area contributed by atoms with Gasteiger partial charge in [0.2, 0.25) is 21.0 Å². The van der Waals surface area contributed by atoms with Crippen molar-refractivity contribution in [2.75, 3.05) is 38.7 Å². The zero-order valence-electron chi connectivity index (χ0n) is 25.0. The lowest BCUT2D eigenvalue weighted by Crippen LogP contribution is -2.36. The molecule has 0 fully saturated rings. The summed E-state index contributed by atoms with van der Waals surface area (Å²) < 4.78 is 13.0. The quantitative estimate of drug-likeness (QED) is 0.335. The summed E-state index contributed by atoms with van der Waals surface area (Å²) in [6.45, 7) is 14.2. The second-order valence-corrected chi connectivity index (χ2v) is 13.3. The SMILES string of the molecule is CC(=O)N1CCC(CCl)=C(c2ccnn2C(C)C)C1.CC(=O)N1CCC(CO)=C(c2ccnn2C(C)C)C1.O=S(Cl)Cl. The predicted molar refractivity (Wildman–Crippen MR) is 170 cm³/mol. The van der Waals surface area contributed by atoms with Crippen molar-refractivity contribution in [3.8, 4) is 0 Å². The van der Waals surface area contributed by atoms with Crippen LogP contribution in [0.3, 0.4) is 0 Å². The molecule has 0 bridgehead atoms. The first kappa shape index (κ1) is 36.0. The summed E-state index contributed by atoms with van der Waals surface area (Å²) in [6, 6.07) is 4.51. The van der Waals surface area contributed by atoms with Crippen LogP contribution in [0.1, 0.15) is 77.9 Å². The molecule has 0 spiro atoms. The Kier molecular flexibility index (Phi) is 14.7. The fraction of sp³-hybridized carbons (Fsp3) is 0.571. The first-order valence-corrected chi connectivity index (χ1v) is 17.1. The van der Waals surface area contributed by atoms with Gasteiger partial charge in [-0.1, -0.05) is 0 Å². The molecule has 234 valence electrons. The number of amides is 2. The molecular formula is C28H41Cl3N6O4S. The van der Waals surface area contributed by atoms with Crippen LogP contribution in [-0.4, -0.2) is 89.2 Å². The fourth-order valence-electron chi connectivity index (χ4n) is 4.92. The summed E-state index contributed by atoms with van der Waals surface area (Å²) in [4.78, 5) is 26.8. The van der Waals surface area contributed by atoms with E-state index in [1.807, 2.05) is 31.3 Å². The number of rotatable bonds is 6. The maximum Gasteiger partial charge on any atom is 0.219 e. The van der Waals surface area contributed by atoms with Gasteiger partial charge in [-0.3, -0.25) is 19.0 Å². The van der Waals surface area contributed by atoms with Gasteiger partial charge < -0.3 is 14.9 Å². The highest BCUT2D eigenvalue weighted by Crippen LogP contribution is 2.29. The molecule has 2 amide bonds. The highest BCUT2D eigenvalue weighted by atomic mass is 36.0. The zero-order valence-corrected chi connectivity index (χ0v) is 28.1. The van der Waals surface area contributed by atoms with Gasteiger partial charge in [0.15, 0.2) is 0 Å². The summed E-state index contributed by atoms with van der Waals surface area (Å²) in [5.41, 5.74) is 6.51. The van der Waals surface area contributed by atoms with Crippen LogP contribution in [0.4, 0.5) is 0 Å². The number of hydrogen-bond donors (Lipinski definition) is 1. The number of alkyl halides is 1. The van der Waals surface area contributed by atoms with E-state index in [0.717, 1.165) is 47.5 Å². The summed E-state index contributed by atoms with van der Waals surface area (Å²) in [7, 11) is 7.36. The number of carbonyl (C=O) groups is 2. The minimum atomic E-state index is -1.67. The average Bonchev–Trinajstić information content (AvgIpc) is 3.63. The van der Waals surface area contributed by atoms with E-state index >= 15 is 0 Å². The van der Waals surface area contributed by atoms with Gasteiger partial charge in [0.25, 0.3) is 0 Å². The van der Waals surface area contributed by atoms with Crippen molar-refractivity contribution in [1.82, 2.24) is 29.4 Å². The summed E-state index contributed by atoms with van der Waals surface area (Å²) in [6.07, 6.45) is 5.15. The number of hydrogen-bond acceptors (Lipinski definition) is 6. The van der Waals surface area contributed by atoms with E-state index in [-0.39, 0.29) is 24.5 Å². The van der Waals surface area contributed by atoms with Crippen LogP contribution < -0.4 is 0 Å². The lowest BCUT2D eigenvalue weighted by molar-refractivity contribution is -0.129. The van der Waals surface area contributed by atoms with Crippen LogP contribution >= 0.6 is 33.0 Å². The Bertz CT molecular complexity index is 1210. The number of aliphatic hydroxyl groups is 1. The maximum absolute atomic E-state index is 11.6. The molecule has 0 unspecified atom stereocenters. The number of aromatic nitrogens is 4. The van der Waals surface area contributed by atoms with E-state index in [1.165, 1.54) is 5.57 Å². The molecule has 2 aliphatic heterocycles. The van der Waals surface area contributed by atoms with Gasteiger partial charge >= 0.3 is 0 Å². The van der Waals surface area contributed by atoms with Gasteiger partial charge in [0.05, 0.1) is 18.0 Å². The maximum atomic E-state index is 11.6. The third-order valence-corrected chi connectivity index (χ3v) is 7.42. The van der Waals surface area contributed by atoms with Crippen LogP contribution in [0.15, 0.2) is 35.7 Å². The number of aliphatic hydroxyl groups excluding tert-OH is 1. The van der Waals surface area contributed by atoms with E-state index in [2.05, 4.69) is 59.3 Å². The Balaban J connectivity index is 0.000000261. The van der Waals surface area contributed by atoms with Gasteiger partial charge in [-0.05, 0) is 75.0 Å². The summed E-state index contributed by atoms with van der Waals surface area (Å²) >= 11 is 6.06. The first-order valence-electron chi connectivity index (χ1n) is 13.7. The third-order valence-electron chi connectivity index (χ3n) is 7.10. The van der Waals surface area contributed by atoms with Crippen molar-refractivity contribution >= 4 is 65.2 Å². The Hall–Kier alpha value is -2.18. The minimum Gasteiger partial charge on any atom is -0.392 e. The van der Waals surface area contributed by atoms with E-state index in [1.54, 1.807) is 26.2 Å². The molecule has 0 saturated carbocycles. The first-order chi connectivity index (χ1) is 19.8. The molecule has 14 heteroatoms. The Morgan fingerprint density at radius 2 is 1.24 bits per heavy atom. The molecule has 4 rings (SSSR count). The topological polar surface area (TPSA) is 114 Å². The fourth-order valence-corrected chi connectivity index (χ4v) is 5.21. The van der Waals surface area contributed by atoms with E-state index in [4.69, 9.17) is 15.8 Å². The highest BCUT2D eigenvalue weighted by Gasteiger charge is 2.25.